The van der Waals surface area contributed by atoms with Crippen molar-refractivity contribution in [2.75, 3.05) is 18.1 Å². The summed E-state index contributed by atoms with van der Waals surface area (Å²) < 4.78 is 24.7. The zero-order valence-electron chi connectivity index (χ0n) is 13.8. The van der Waals surface area contributed by atoms with Gasteiger partial charge in [-0.1, -0.05) is 18.2 Å². The molecular formula is C17H21N3O3S. The number of rotatable bonds is 4. The maximum Gasteiger partial charge on any atom is 0.254 e. The summed E-state index contributed by atoms with van der Waals surface area (Å²) in [6.07, 6.45) is 2.17. The minimum absolute atomic E-state index is 0.00525. The van der Waals surface area contributed by atoms with Gasteiger partial charge in [-0.3, -0.25) is 4.79 Å². The van der Waals surface area contributed by atoms with Crippen LogP contribution in [0.2, 0.25) is 0 Å². The molecule has 1 aromatic carbocycles. The maximum atomic E-state index is 12.4. The van der Waals surface area contributed by atoms with E-state index in [1.165, 1.54) is 0 Å². The first-order valence-corrected chi connectivity index (χ1v) is 9.79. The highest BCUT2D eigenvalue weighted by Crippen LogP contribution is 2.19. The van der Waals surface area contributed by atoms with Gasteiger partial charge in [0, 0.05) is 6.54 Å². The first-order chi connectivity index (χ1) is 11.4. The average molecular weight is 347 g/mol. The summed E-state index contributed by atoms with van der Waals surface area (Å²) in [7, 11) is -2.92. The number of aromatic nitrogens is 2. The molecule has 0 unspecified atom stereocenters. The second-order valence-electron chi connectivity index (χ2n) is 6.32. The second kappa shape index (κ2) is 6.39. The van der Waals surface area contributed by atoms with Crippen LogP contribution < -0.4 is 5.32 Å². The Balaban J connectivity index is 1.72. The Kier molecular flexibility index (Phi) is 4.45. The van der Waals surface area contributed by atoms with Crippen LogP contribution in [-0.4, -0.2) is 42.2 Å². The quantitative estimate of drug-likeness (QED) is 0.912. The van der Waals surface area contributed by atoms with E-state index in [9.17, 15) is 13.2 Å². The van der Waals surface area contributed by atoms with E-state index in [4.69, 9.17) is 0 Å². The average Bonchev–Trinajstić information content (AvgIpc) is 3.08. The molecule has 1 aromatic heterocycles. The Hall–Kier alpha value is -2.15. The molecule has 1 fully saturated rings. The van der Waals surface area contributed by atoms with Crippen molar-refractivity contribution < 1.29 is 13.2 Å². The number of para-hydroxylation sites is 1. The van der Waals surface area contributed by atoms with Gasteiger partial charge in [0.25, 0.3) is 5.91 Å². The van der Waals surface area contributed by atoms with Crippen LogP contribution in [0.25, 0.3) is 5.69 Å². The molecule has 1 aliphatic heterocycles. The monoisotopic (exact) mass is 347 g/mol. The van der Waals surface area contributed by atoms with Crippen molar-refractivity contribution >= 4 is 15.7 Å². The van der Waals surface area contributed by atoms with E-state index < -0.39 is 9.84 Å². The van der Waals surface area contributed by atoms with Crippen LogP contribution in [0.1, 0.15) is 28.0 Å². The fourth-order valence-corrected chi connectivity index (χ4v) is 4.90. The Morgan fingerprint density at radius 2 is 2.08 bits per heavy atom. The van der Waals surface area contributed by atoms with Gasteiger partial charge in [-0.15, -0.1) is 0 Å². The van der Waals surface area contributed by atoms with E-state index in [1.54, 1.807) is 10.9 Å². The van der Waals surface area contributed by atoms with Crippen molar-refractivity contribution in [3.05, 3.63) is 47.3 Å². The molecule has 0 saturated carbocycles. The smallest absolute Gasteiger partial charge is 0.254 e. The summed E-state index contributed by atoms with van der Waals surface area (Å²) in [5, 5.41) is 7.17. The minimum Gasteiger partial charge on any atom is -0.352 e. The fourth-order valence-electron chi connectivity index (χ4n) is 3.04. The van der Waals surface area contributed by atoms with Gasteiger partial charge in [-0.25, -0.2) is 13.1 Å². The molecule has 0 bridgehead atoms. The normalized spacial score (nSPS) is 19.3. The van der Waals surface area contributed by atoms with Gasteiger partial charge < -0.3 is 5.32 Å². The fraction of sp³-hybridized carbons (Fsp3) is 0.412. The zero-order valence-corrected chi connectivity index (χ0v) is 14.6. The van der Waals surface area contributed by atoms with E-state index in [-0.39, 0.29) is 23.3 Å². The highest BCUT2D eigenvalue weighted by Gasteiger charge is 2.28. The minimum atomic E-state index is -2.92. The third-order valence-corrected chi connectivity index (χ3v) is 6.31. The predicted molar refractivity (Wildman–Crippen MR) is 92.1 cm³/mol. The third-order valence-electron chi connectivity index (χ3n) is 4.48. The summed E-state index contributed by atoms with van der Waals surface area (Å²) in [6, 6.07) is 7.85. The molecule has 1 atom stereocenters. The molecule has 6 nitrogen and oxygen atoms in total. The van der Waals surface area contributed by atoms with Crippen LogP contribution in [0.3, 0.4) is 0 Å². The van der Waals surface area contributed by atoms with Crippen LogP contribution >= 0.6 is 0 Å². The number of nitrogens with one attached hydrogen (secondary N) is 1. The Morgan fingerprint density at radius 1 is 1.33 bits per heavy atom. The number of nitrogens with zero attached hydrogens (tertiary/aromatic N) is 2. The molecule has 1 amide bonds. The first-order valence-electron chi connectivity index (χ1n) is 7.96. The van der Waals surface area contributed by atoms with E-state index in [0.717, 1.165) is 16.9 Å². The molecule has 0 radical (unpaired) electrons. The summed E-state index contributed by atoms with van der Waals surface area (Å²) in [6.45, 7) is 4.23. The van der Waals surface area contributed by atoms with Gasteiger partial charge in [0.05, 0.1) is 34.6 Å². The highest BCUT2D eigenvalue weighted by atomic mass is 32.2. The zero-order chi connectivity index (χ0) is 17.3. The summed E-state index contributed by atoms with van der Waals surface area (Å²) in [4.78, 5) is 12.4. The van der Waals surface area contributed by atoms with Crippen molar-refractivity contribution in [1.29, 1.82) is 0 Å². The van der Waals surface area contributed by atoms with Gasteiger partial charge in [-0.2, -0.15) is 5.10 Å². The van der Waals surface area contributed by atoms with Crippen LogP contribution in [-0.2, 0) is 9.84 Å². The van der Waals surface area contributed by atoms with Crippen molar-refractivity contribution in [2.24, 2.45) is 5.92 Å². The second-order valence-corrected chi connectivity index (χ2v) is 8.55. The molecular weight excluding hydrogens is 326 g/mol. The summed E-state index contributed by atoms with van der Waals surface area (Å²) in [5.41, 5.74) is 3.29. The van der Waals surface area contributed by atoms with Crippen molar-refractivity contribution in [3.63, 3.8) is 0 Å². The molecule has 2 aromatic rings. The van der Waals surface area contributed by atoms with Gasteiger partial charge in [-0.05, 0) is 37.8 Å². The van der Waals surface area contributed by atoms with Gasteiger partial charge in [0.15, 0.2) is 9.84 Å². The molecule has 2 heterocycles. The van der Waals surface area contributed by atoms with E-state index in [2.05, 4.69) is 10.4 Å². The number of carbonyl (C=O) groups is 1. The van der Waals surface area contributed by atoms with Crippen molar-refractivity contribution in [3.8, 4) is 5.69 Å². The molecule has 1 N–H and O–H groups in total. The lowest BCUT2D eigenvalue weighted by Gasteiger charge is -2.10. The first kappa shape index (κ1) is 16.7. The number of hydrogen-bond acceptors (Lipinski definition) is 4. The van der Waals surface area contributed by atoms with Gasteiger partial charge >= 0.3 is 0 Å². The standard InChI is InChI=1S/C17H21N3O3S/c1-12-5-3-4-6-16(12)20-13(2)15(10-19-20)17(21)18-9-14-7-8-24(22,23)11-14/h3-6,10,14H,7-9,11H2,1-2H3,(H,18,21)/t14-/m1/s1. The third kappa shape index (κ3) is 3.36. The van der Waals surface area contributed by atoms with E-state index in [0.29, 0.717) is 18.5 Å². The highest BCUT2D eigenvalue weighted by molar-refractivity contribution is 7.91. The SMILES string of the molecule is Cc1ccccc1-n1ncc(C(=O)NC[C@H]2CCS(=O)(=O)C2)c1C. The van der Waals surface area contributed by atoms with Crippen LogP contribution in [0, 0.1) is 19.8 Å². The molecule has 1 saturated heterocycles. The number of benzene rings is 1. The summed E-state index contributed by atoms with van der Waals surface area (Å²) in [5.74, 6) is 0.175. The molecule has 1 aliphatic rings. The molecule has 0 spiro atoms. The number of hydrogen-bond donors (Lipinski definition) is 1. The maximum absolute atomic E-state index is 12.4. The molecule has 24 heavy (non-hydrogen) atoms. The number of amides is 1. The van der Waals surface area contributed by atoms with Crippen LogP contribution in [0.5, 0.6) is 0 Å². The molecule has 7 heteroatoms. The summed E-state index contributed by atoms with van der Waals surface area (Å²) >= 11 is 0. The van der Waals surface area contributed by atoms with Crippen LogP contribution in [0.4, 0.5) is 0 Å². The Labute approximate surface area is 141 Å². The van der Waals surface area contributed by atoms with Crippen molar-refractivity contribution in [2.45, 2.75) is 20.3 Å². The van der Waals surface area contributed by atoms with Gasteiger partial charge in [0.1, 0.15) is 0 Å². The molecule has 128 valence electrons. The number of carbonyl (C=O) groups excluding carboxylic acids is 1. The number of sulfone groups is 1. The van der Waals surface area contributed by atoms with E-state index >= 15 is 0 Å². The van der Waals surface area contributed by atoms with Gasteiger partial charge in [0.2, 0.25) is 0 Å². The molecule has 3 rings (SSSR count). The van der Waals surface area contributed by atoms with E-state index in [1.807, 2.05) is 38.1 Å². The Morgan fingerprint density at radius 3 is 2.75 bits per heavy atom. The van der Waals surface area contributed by atoms with Crippen molar-refractivity contribution in [1.82, 2.24) is 15.1 Å². The van der Waals surface area contributed by atoms with Crippen LogP contribution in [0.15, 0.2) is 30.5 Å². The Bertz CT molecular complexity index is 871. The largest absolute Gasteiger partial charge is 0.352 e. The topological polar surface area (TPSA) is 81.1 Å². The lowest BCUT2D eigenvalue weighted by Crippen LogP contribution is -2.30. The lowest BCUT2D eigenvalue weighted by molar-refractivity contribution is 0.0948. The number of aryl methyl sites for hydroxylation is 1. The predicted octanol–water partition coefficient (Wildman–Crippen LogP) is 1.65. The lowest BCUT2D eigenvalue weighted by atomic mass is 10.1. The molecule has 0 aliphatic carbocycles.